The molecule has 0 aliphatic heterocycles. The predicted molar refractivity (Wildman–Crippen MR) is 209 cm³/mol. The highest BCUT2D eigenvalue weighted by Gasteiger charge is 2.19. The standard InChI is InChI=1S/C47H32N2O/c1-2-45-48-41-17-9-10-18-42(41)49(45)34-24-20-31(21-25-34)46-36-15-6-7-16-37(36)47(40-28-32(22-26-38(40)46)30-12-4-3-5-13-30)33-23-27-44-39(29-33)35-14-8-11-19-43(35)50-44/h3-29H,2H2,1H3/i1D3,2D2. The number of aryl methyl sites for hydroxylation is 1. The van der Waals surface area contributed by atoms with Crippen LogP contribution in [0.1, 0.15) is 19.5 Å². The summed E-state index contributed by atoms with van der Waals surface area (Å²) < 4.78 is 49.2. The number of para-hydroxylation sites is 3. The van der Waals surface area contributed by atoms with E-state index < -0.39 is 13.2 Å². The third-order valence-electron chi connectivity index (χ3n) is 9.88. The minimum Gasteiger partial charge on any atom is -0.456 e. The summed E-state index contributed by atoms with van der Waals surface area (Å²) in [6.45, 7) is -2.92. The summed E-state index contributed by atoms with van der Waals surface area (Å²) in [6, 6.07) is 55.4. The molecule has 0 fully saturated rings. The molecule has 8 aromatic carbocycles. The van der Waals surface area contributed by atoms with Gasteiger partial charge in [-0.15, -0.1) is 0 Å². The van der Waals surface area contributed by atoms with Crippen LogP contribution >= 0.6 is 0 Å². The van der Waals surface area contributed by atoms with E-state index >= 15 is 0 Å². The number of furan rings is 1. The molecule has 10 aromatic rings. The lowest BCUT2D eigenvalue weighted by molar-refractivity contribution is 0.669. The number of hydrogen-bond acceptors (Lipinski definition) is 2. The van der Waals surface area contributed by atoms with Gasteiger partial charge in [-0.2, -0.15) is 0 Å². The molecule has 2 aromatic heterocycles. The van der Waals surface area contributed by atoms with Crippen molar-refractivity contribution in [2.75, 3.05) is 0 Å². The topological polar surface area (TPSA) is 31.0 Å². The van der Waals surface area contributed by atoms with Crippen molar-refractivity contribution in [2.45, 2.75) is 13.2 Å². The van der Waals surface area contributed by atoms with Crippen LogP contribution < -0.4 is 0 Å². The van der Waals surface area contributed by atoms with Crippen LogP contribution in [-0.4, -0.2) is 9.55 Å². The summed E-state index contributed by atoms with van der Waals surface area (Å²) >= 11 is 0. The highest BCUT2D eigenvalue weighted by molar-refractivity contribution is 6.22. The van der Waals surface area contributed by atoms with Gasteiger partial charge in [-0.05, 0) is 103 Å². The lowest BCUT2D eigenvalue weighted by Crippen LogP contribution is -2.00. The lowest BCUT2D eigenvalue weighted by atomic mass is 9.84. The Kier molecular flexibility index (Phi) is 5.39. The second-order valence-electron chi connectivity index (χ2n) is 12.7. The van der Waals surface area contributed by atoms with E-state index in [0.29, 0.717) is 16.7 Å². The van der Waals surface area contributed by atoms with Crippen LogP contribution in [0, 0.1) is 0 Å². The number of aromatic nitrogens is 2. The fourth-order valence-electron chi connectivity index (χ4n) is 7.64. The SMILES string of the molecule is [2H]C([2H])([2H])C([2H])([2H])c1nc2ccccc2n1-c1ccc(-c2c3ccccc3c(-c3ccc4oc5ccccc5c4c3)c3cc(-c4ccccc4)ccc23)cc1. The molecule has 0 aliphatic carbocycles. The lowest BCUT2D eigenvalue weighted by Gasteiger charge is -2.19. The quantitative estimate of drug-likeness (QED) is 0.174. The molecule has 0 radical (unpaired) electrons. The van der Waals surface area contributed by atoms with Gasteiger partial charge in [0, 0.05) is 29.7 Å². The molecule has 0 saturated carbocycles. The Hall–Kier alpha value is -6.45. The Labute approximate surface area is 296 Å². The smallest absolute Gasteiger partial charge is 0.135 e. The largest absolute Gasteiger partial charge is 0.456 e. The van der Waals surface area contributed by atoms with Crippen LogP contribution in [0.5, 0.6) is 0 Å². The number of hydrogen-bond donors (Lipinski definition) is 0. The molecule has 0 spiro atoms. The molecule has 0 saturated heterocycles. The average molecular weight is 646 g/mol. The van der Waals surface area contributed by atoms with Crippen molar-refractivity contribution in [1.29, 1.82) is 0 Å². The number of fused-ring (bicyclic) bond motifs is 6. The van der Waals surface area contributed by atoms with Crippen molar-refractivity contribution in [3.8, 4) is 39.1 Å². The molecule has 10 rings (SSSR count). The average Bonchev–Trinajstić information content (AvgIpc) is 3.79. The highest BCUT2D eigenvalue weighted by atomic mass is 16.3. The summed E-state index contributed by atoms with van der Waals surface area (Å²) in [5, 5.41) is 6.55. The zero-order valence-corrected chi connectivity index (χ0v) is 26.9. The fraction of sp³-hybridized carbons (Fsp3) is 0.0426. The predicted octanol–water partition coefficient (Wildman–Crippen LogP) is 12.8. The highest BCUT2D eigenvalue weighted by Crippen LogP contribution is 2.46. The molecule has 0 N–H and O–H groups in total. The van der Waals surface area contributed by atoms with Crippen molar-refractivity contribution in [3.05, 3.63) is 170 Å². The number of benzene rings is 8. The van der Waals surface area contributed by atoms with Gasteiger partial charge in [-0.1, -0.05) is 122 Å². The number of rotatable bonds is 5. The van der Waals surface area contributed by atoms with Crippen molar-refractivity contribution in [2.24, 2.45) is 0 Å². The fourth-order valence-corrected chi connectivity index (χ4v) is 7.64. The van der Waals surface area contributed by atoms with E-state index in [-0.39, 0.29) is 5.82 Å². The molecule has 50 heavy (non-hydrogen) atoms. The van der Waals surface area contributed by atoms with Crippen LogP contribution in [0.3, 0.4) is 0 Å². The monoisotopic (exact) mass is 645 g/mol. The molecular weight excluding hydrogens is 609 g/mol. The van der Waals surface area contributed by atoms with E-state index in [4.69, 9.17) is 11.3 Å². The summed E-state index contributed by atoms with van der Waals surface area (Å²) in [7, 11) is 0. The maximum atomic E-state index is 8.66. The number of nitrogens with zero attached hydrogens (tertiary/aromatic N) is 2. The second-order valence-corrected chi connectivity index (χ2v) is 12.7. The third kappa shape index (κ3) is 4.40. The Morgan fingerprint density at radius 2 is 1.14 bits per heavy atom. The first-order chi connectivity index (χ1) is 26.7. The molecule has 0 unspecified atom stereocenters. The molecule has 236 valence electrons. The van der Waals surface area contributed by atoms with E-state index in [0.717, 1.165) is 76.9 Å². The van der Waals surface area contributed by atoms with Gasteiger partial charge in [0.25, 0.3) is 0 Å². The third-order valence-corrected chi connectivity index (χ3v) is 9.88. The number of imidazole rings is 1. The van der Waals surface area contributed by atoms with Gasteiger partial charge in [0.1, 0.15) is 17.0 Å². The molecule has 0 atom stereocenters. The zero-order chi connectivity index (χ0) is 37.5. The minimum absolute atomic E-state index is 0.155. The molecule has 0 bridgehead atoms. The van der Waals surface area contributed by atoms with Crippen LogP contribution in [0.15, 0.2) is 168 Å². The van der Waals surface area contributed by atoms with Gasteiger partial charge in [-0.25, -0.2) is 4.98 Å². The van der Waals surface area contributed by atoms with Crippen LogP contribution in [0.4, 0.5) is 0 Å². The molecule has 3 nitrogen and oxygen atoms in total. The normalized spacial score (nSPS) is 13.8. The first-order valence-corrected chi connectivity index (χ1v) is 16.7. The van der Waals surface area contributed by atoms with Crippen LogP contribution in [0.25, 0.3) is 93.6 Å². The summed E-state index contributed by atoms with van der Waals surface area (Å²) in [4.78, 5) is 4.52. The van der Waals surface area contributed by atoms with Crippen LogP contribution in [0.2, 0.25) is 0 Å². The molecular formula is C47H32N2O. The van der Waals surface area contributed by atoms with Gasteiger partial charge in [0.2, 0.25) is 0 Å². The second kappa shape index (κ2) is 11.3. The molecule has 0 aliphatic rings. The molecule has 3 heteroatoms. The minimum atomic E-state index is -2.92. The Morgan fingerprint density at radius 3 is 1.96 bits per heavy atom. The van der Waals surface area contributed by atoms with Gasteiger partial charge in [-0.3, -0.25) is 4.57 Å². The van der Waals surface area contributed by atoms with Gasteiger partial charge in [0.05, 0.1) is 11.0 Å². The van der Waals surface area contributed by atoms with Crippen LogP contribution in [-0.2, 0) is 6.37 Å². The summed E-state index contributed by atoms with van der Waals surface area (Å²) in [5.74, 6) is -0.155. The van der Waals surface area contributed by atoms with Crippen molar-refractivity contribution in [1.82, 2.24) is 9.55 Å². The Morgan fingerprint density at radius 1 is 0.520 bits per heavy atom. The van der Waals surface area contributed by atoms with Gasteiger partial charge < -0.3 is 4.42 Å². The molecule has 2 heterocycles. The van der Waals surface area contributed by atoms with E-state index in [2.05, 4.69) is 96.0 Å². The first-order valence-electron chi connectivity index (χ1n) is 19.2. The first kappa shape index (κ1) is 23.8. The van der Waals surface area contributed by atoms with Gasteiger partial charge in [0.15, 0.2) is 0 Å². The van der Waals surface area contributed by atoms with Crippen molar-refractivity contribution in [3.63, 3.8) is 0 Å². The zero-order valence-electron chi connectivity index (χ0n) is 31.9. The summed E-state index contributed by atoms with van der Waals surface area (Å²) in [6.07, 6.45) is -2.69. The maximum Gasteiger partial charge on any atom is 0.135 e. The van der Waals surface area contributed by atoms with E-state index in [1.807, 2.05) is 66.7 Å². The molecule has 0 amide bonds. The van der Waals surface area contributed by atoms with E-state index in [1.54, 1.807) is 10.6 Å². The Bertz CT molecular complexity index is 3110. The summed E-state index contributed by atoms with van der Waals surface area (Å²) in [5.41, 5.74) is 10.0. The van der Waals surface area contributed by atoms with Gasteiger partial charge >= 0.3 is 0 Å². The maximum absolute atomic E-state index is 8.66. The van der Waals surface area contributed by atoms with Crippen molar-refractivity contribution >= 4 is 54.5 Å². The van der Waals surface area contributed by atoms with E-state index in [9.17, 15) is 0 Å². The Balaban J connectivity index is 1.22. The van der Waals surface area contributed by atoms with Crippen molar-refractivity contribution < 1.29 is 11.3 Å². The van der Waals surface area contributed by atoms with E-state index in [1.165, 1.54) is 0 Å².